The topological polar surface area (TPSA) is 90.2 Å². The number of hydrogen-bond donors (Lipinski definition) is 2. The van der Waals surface area contributed by atoms with Gasteiger partial charge in [0.15, 0.2) is 0 Å². The van der Waals surface area contributed by atoms with E-state index in [-0.39, 0.29) is 5.91 Å². The molecule has 0 saturated heterocycles. The van der Waals surface area contributed by atoms with Gasteiger partial charge in [-0.25, -0.2) is 0 Å². The summed E-state index contributed by atoms with van der Waals surface area (Å²) in [6.45, 7) is 0. The van der Waals surface area contributed by atoms with Crippen LogP contribution in [0.4, 0.5) is 5.00 Å². The molecule has 1 aromatic rings. The fraction of sp³-hybridized carbons (Fsp3) is 0.588. The lowest BCUT2D eigenvalue weighted by atomic mass is 9.78. The van der Waals surface area contributed by atoms with E-state index in [0.717, 1.165) is 44.1 Å². The summed E-state index contributed by atoms with van der Waals surface area (Å²) in [6.07, 6.45) is 6.96. The molecule has 6 heteroatoms. The van der Waals surface area contributed by atoms with Crippen LogP contribution in [0.2, 0.25) is 0 Å². The lowest BCUT2D eigenvalue weighted by molar-refractivity contribution is -0.147. The maximum Gasteiger partial charge on any atom is 0.307 e. The van der Waals surface area contributed by atoms with Crippen molar-refractivity contribution in [3.8, 4) is 6.07 Å². The molecule has 0 bridgehead atoms. The monoisotopic (exact) mass is 332 g/mol. The van der Waals surface area contributed by atoms with Gasteiger partial charge in [0.2, 0.25) is 5.91 Å². The second kappa shape index (κ2) is 6.71. The summed E-state index contributed by atoms with van der Waals surface area (Å²) in [7, 11) is 0. The molecule has 0 aromatic carbocycles. The van der Waals surface area contributed by atoms with Crippen LogP contribution in [0, 0.1) is 23.2 Å². The van der Waals surface area contributed by atoms with Gasteiger partial charge in [0.05, 0.1) is 17.4 Å². The summed E-state index contributed by atoms with van der Waals surface area (Å²) in [5.41, 5.74) is 1.67. The molecule has 1 saturated carbocycles. The highest BCUT2D eigenvalue weighted by molar-refractivity contribution is 7.16. The van der Waals surface area contributed by atoms with Crippen LogP contribution in [0.25, 0.3) is 0 Å². The van der Waals surface area contributed by atoms with Gasteiger partial charge in [-0.15, -0.1) is 11.3 Å². The van der Waals surface area contributed by atoms with Crippen molar-refractivity contribution in [3.63, 3.8) is 0 Å². The molecule has 5 nitrogen and oxygen atoms in total. The van der Waals surface area contributed by atoms with E-state index in [1.54, 1.807) is 0 Å². The largest absolute Gasteiger partial charge is 0.481 e. The van der Waals surface area contributed by atoms with Crippen LogP contribution in [0.5, 0.6) is 0 Å². The van der Waals surface area contributed by atoms with Crippen LogP contribution in [0.15, 0.2) is 0 Å². The first-order valence-electron chi connectivity index (χ1n) is 8.20. The first kappa shape index (κ1) is 16.0. The molecule has 0 aliphatic heterocycles. The number of rotatable bonds is 3. The molecule has 3 rings (SSSR count). The highest BCUT2D eigenvalue weighted by Crippen LogP contribution is 2.39. The molecule has 1 aromatic heterocycles. The number of carboxylic acid groups (broad SMARTS) is 1. The highest BCUT2D eigenvalue weighted by Gasteiger charge is 2.36. The summed E-state index contributed by atoms with van der Waals surface area (Å²) >= 11 is 1.49. The number of thiophene rings is 1. The molecule has 1 amide bonds. The van der Waals surface area contributed by atoms with Crippen molar-refractivity contribution in [3.05, 3.63) is 16.0 Å². The molecule has 23 heavy (non-hydrogen) atoms. The number of carbonyl (C=O) groups is 2. The minimum Gasteiger partial charge on any atom is -0.481 e. The Balaban J connectivity index is 1.81. The van der Waals surface area contributed by atoms with Crippen molar-refractivity contribution in [2.24, 2.45) is 11.8 Å². The zero-order valence-corrected chi connectivity index (χ0v) is 13.7. The van der Waals surface area contributed by atoms with Crippen molar-refractivity contribution in [2.45, 2.75) is 51.4 Å². The Bertz CT molecular complexity index is 674. The normalized spacial score (nSPS) is 23.6. The third-order valence-corrected chi connectivity index (χ3v) is 6.15. The Kier molecular flexibility index (Phi) is 4.67. The van der Waals surface area contributed by atoms with Crippen molar-refractivity contribution >= 4 is 28.2 Å². The molecule has 122 valence electrons. The number of amides is 1. The van der Waals surface area contributed by atoms with Crippen LogP contribution in [0.3, 0.4) is 0 Å². The van der Waals surface area contributed by atoms with Crippen molar-refractivity contribution in [1.29, 1.82) is 5.26 Å². The van der Waals surface area contributed by atoms with Gasteiger partial charge in [0.25, 0.3) is 0 Å². The summed E-state index contributed by atoms with van der Waals surface area (Å²) in [5.74, 6) is -2.24. The lowest BCUT2D eigenvalue weighted by Gasteiger charge is -2.27. The van der Waals surface area contributed by atoms with E-state index >= 15 is 0 Å². The van der Waals surface area contributed by atoms with Gasteiger partial charge in [-0.2, -0.15) is 5.26 Å². The molecule has 2 N–H and O–H groups in total. The van der Waals surface area contributed by atoms with Crippen molar-refractivity contribution in [2.75, 3.05) is 5.32 Å². The molecular formula is C17H20N2O3S. The minimum atomic E-state index is -0.893. The number of hydrogen-bond acceptors (Lipinski definition) is 4. The molecular weight excluding hydrogens is 312 g/mol. The highest BCUT2D eigenvalue weighted by atomic mass is 32.1. The smallest absolute Gasteiger partial charge is 0.307 e. The number of carboxylic acids is 1. The van der Waals surface area contributed by atoms with Crippen molar-refractivity contribution < 1.29 is 14.7 Å². The third-order valence-electron chi connectivity index (χ3n) is 4.94. The Morgan fingerprint density at radius 1 is 1.13 bits per heavy atom. The Morgan fingerprint density at radius 2 is 1.83 bits per heavy atom. The Labute approximate surface area is 139 Å². The summed E-state index contributed by atoms with van der Waals surface area (Å²) in [6, 6.07) is 2.23. The fourth-order valence-corrected chi connectivity index (χ4v) is 4.96. The molecule has 1 heterocycles. The second-order valence-corrected chi connectivity index (χ2v) is 7.46. The summed E-state index contributed by atoms with van der Waals surface area (Å²) in [4.78, 5) is 25.2. The number of anilines is 1. The third kappa shape index (κ3) is 3.11. The maximum absolute atomic E-state index is 12.6. The summed E-state index contributed by atoms with van der Waals surface area (Å²) < 4.78 is 0. The van der Waals surface area contributed by atoms with Crippen LogP contribution in [-0.4, -0.2) is 17.0 Å². The van der Waals surface area contributed by atoms with Crippen LogP contribution < -0.4 is 5.32 Å². The van der Waals surface area contributed by atoms with E-state index in [0.29, 0.717) is 23.4 Å². The van der Waals surface area contributed by atoms with Gasteiger partial charge in [-0.3, -0.25) is 9.59 Å². The van der Waals surface area contributed by atoms with Gasteiger partial charge in [0.1, 0.15) is 11.1 Å². The van der Waals surface area contributed by atoms with Gasteiger partial charge < -0.3 is 10.4 Å². The number of carbonyl (C=O) groups excluding carboxylic acids is 1. The fourth-order valence-electron chi connectivity index (χ4n) is 3.72. The minimum absolute atomic E-state index is 0.243. The zero-order chi connectivity index (χ0) is 16.4. The van der Waals surface area contributed by atoms with E-state index < -0.39 is 17.8 Å². The van der Waals surface area contributed by atoms with Crippen molar-refractivity contribution in [1.82, 2.24) is 0 Å². The average molecular weight is 332 g/mol. The van der Waals surface area contributed by atoms with Crippen LogP contribution >= 0.6 is 11.3 Å². The molecule has 2 atom stereocenters. The Morgan fingerprint density at radius 3 is 2.52 bits per heavy atom. The Hall–Kier alpha value is -1.87. The SMILES string of the molecule is N#Cc1c(NC(=O)C2CCCCC2C(=O)O)sc2c1CCCC2. The van der Waals surface area contributed by atoms with Gasteiger partial charge in [0, 0.05) is 4.88 Å². The first-order chi connectivity index (χ1) is 11.1. The van der Waals surface area contributed by atoms with E-state index in [1.807, 2.05) is 0 Å². The first-order valence-corrected chi connectivity index (χ1v) is 9.01. The summed E-state index contributed by atoms with van der Waals surface area (Å²) in [5, 5.41) is 22.2. The molecule has 0 radical (unpaired) electrons. The molecule has 2 unspecified atom stereocenters. The van der Waals surface area contributed by atoms with E-state index in [1.165, 1.54) is 16.2 Å². The zero-order valence-electron chi connectivity index (χ0n) is 12.9. The molecule has 2 aliphatic carbocycles. The quantitative estimate of drug-likeness (QED) is 0.888. The number of nitrogens with one attached hydrogen (secondary N) is 1. The maximum atomic E-state index is 12.6. The number of fused-ring (bicyclic) bond motifs is 1. The average Bonchev–Trinajstić information content (AvgIpc) is 2.91. The van der Waals surface area contributed by atoms with Gasteiger partial charge >= 0.3 is 5.97 Å². The lowest BCUT2D eigenvalue weighted by Crippen LogP contribution is -2.36. The van der Waals surface area contributed by atoms with Gasteiger partial charge in [-0.05, 0) is 44.1 Å². The molecule has 2 aliphatic rings. The number of nitrogens with zero attached hydrogens (tertiary/aromatic N) is 1. The second-order valence-electron chi connectivity index (χ2n) is 6.35. The van der Waals surface area contributed by atoms with Crippen LogP contribution in [0.1, 0.15) is 54.5 Å². The van der Waals surface area contributed by atoms with E-state index in [2.05, 4.69) is 11.4 Å². The number of nitriles is 1. The molecule has 0 spiro atoms. The molecule has 1 fully saturated rings. The van der Waals surface area contributed by atoms with Crippen LogP contribution in [-0.2, 0) is 22.4 Å². The predicted molar refractivity (Wildman–Crippen MR) is 87.4 cm³/mol. The van der Waals surface area contributed by atoms with Gasteiger partial charge in [-0.1, -0.05) is 12.8 Å². The number of aliphatic carboxylic acids is 1. The predicted octanol–water partition coefficient (Wildman–Crippen LogP) is 3.33. The number of aryl methyl sites for hydroxylation is 1. The van der Waals surface area contributed by atoms with E-state index in [4.69, 9.17) is 0 Å². The van der Waals surface area contributed by atoms with E-state index in [9.17, 15) is 20.0 Å². The standard InChI is InChI=1S/C17H20N2O3S/c18-9-13-10-5-3-4-8-14(10)23-16(13)19-15(20)11-6-1-2-7-12(11)17(21)22/h11-12H,1-8H2,(H,19,20)(H,21,22).